The van der Waals surface area contributed by atoms with Crippen LogP contribution in [0.1, 0.15) is 61.3 Å². The third-order valence-corrected chi connectivity index (χ3v) is 8.76. The fraction of sp³-hybridized carbons (Fsp3) is 0.870. The van der Waals surface area contributed by atoms with Crippen molar-refractivity contribution in [2.24, 2.45) is 11.7 Å². The average molecular weight is 578 g/mol. The van der Waals surface area contributed by atoms with Crippen LogP contribution in [0.5, 0.6) is 0 Å². The first-order chi connectivity index (χ1) is 17.6. The van der Waals surface area contributed by atoms with Crippen molar-refractivity contribution >= 4 is 35.4 Å². The largest absolute Gasteiger partial charge is 0.480 e. The van der Waals surface area contributed by atoms with E-state index < -0.39 is 82.8 Å². The van der Waals surface area contributed by atoms with Crippen LogP contribution in [-0.4, -0.2) is 98.1 Å². The standard InChI is InChI=1S/C23H43BN4O10S/c1-20(2,3)36-19(32)27-16(17(29)35-8)12-26-39(33,34)28-13-15(23(25,14-28)18(30)31)10-9-11-24-37-21(4,5)22(6,7)38-24/h15-16,26H,9-14,25H2,1-8H3,(H,27,32)(H,30,31)/t15-,16+,23-/m1/s1. The van der Waals surface area contributed by atoms with E-state index in [2.05, 4.69) is 14.8 Å². The summed E-state index contributed by atoms with van der Waals surface area (Å²) in [5.74, 6) is -2.91. The molecule has 2 aliphatic rings. The Hall–Kier alpha value is -1.98. The maximum absolute atomic E-state index is 13.1. The van der Waals surface area contributed by atoms with Crippen LogP contribution in [0.3, 0.4) is 0 Å². The first kappa shape index (κ1) is 33.2. The third kappa shape index (κ3) is 8.27. The molecule has 2 heterocycles. The number of nitrogens with two attached hydrogens (primary N) is 1. The van der Waals surface area contributed by atoms with Crippen LogP contribution in [0.15, 0.2) is 0 Å². The summed E-state index contributed by atoms with van der Waals surface area (Å²) in [6, 6.07) is -1.39. The van der Waals surface area contributed by atoms with Gasteiger partial charge in [-0.15, -0.1) is 0 Å². The van der Waals surface area contributed by atoms with Crippen molar-refractivity contribution < 1.29 is 46.7 Å². The molecular formula is C23H43BN4O10S. The van der Waals surface area contributed by atoms with Gasteiger partial charge in [-0.1, -0.05) is 6.42 Å². The highest BCUT2D eigenvalue weighted by atomic mass is 32.2. The molecule has 2 saturated heterocycles. The summed E-state index contributed by atoms with van der Waals surface area (Å²) in [4.78, 5) is 36.3. The molecule has 2 rings (SSSR count). The summed E-state index contributed by atoms with van der Waals surface area (Å²) < 4.78 is 51.0. The number of carbonyl (C=O) groups is 3. The van der Waals surface area contributed by atoms with Crippen LogP contribution in [0.25, 0.3) is 0 Å². The molecule has 0 aliphatic carbocycles. The van der Waals surface area contributed by atoms with Gasteiger partial charge in [-0.05, 0) is 61.2 Å². The fourth-order valence-corrected chi connectivity index (χ4v) is 5.67. The second-order valence-corrected chi connectivity index (χ2v) is 13.8. The Bertz CT molecular complexity index is 1020. The van der Waals surface area contributed by atoms with Crippen molar-refractivity contribution in [3.05, 3.63) is 0 Å². The van der Waals surface area contributed by atoms with E-state index in [1.807, 2.05) is 27.7 Å². The fourth-order valence-electron chi connectivity index (χ4n) is 4.35. The molecule has 0 radical (unpaired) electrons. The number of carbonyl (C=O) groups excluding carboxylic acids is 2. The van der Waals surface area contributed by atoms with Crippen LogP contribution in [0.2, 0.25) is 6.32 Å². The van der Waals surface area contributed by atoms with E-state index in [1.54, 1.807) is 20.8 Å². The zero-order valence-electron chi connectivity index (χ0n) is 24.0. The molecule has 2 fully saturated rings. The summed E-state index contributed by atoms with van der Waals surface area (Å²) in [7, 11) is -3.67. The number of amides is 1. The van der Waals surface area contributed by atoms with Crippen molar-refractivity contribution in [1.29, 1.82) is 0 Å². The lowest BCUT2D eigenvalue weighted by Gasteiger charge is -2.32. The van der Waals surface area contributed by atoms with Gasteiger partial charge < -0.3 is 34.9 Å². The number of alkyl carbamates (subject to hydrolysis) is 1. The second kappa shape index (κ2) is 11.9. The average Bonchev–Trinajstić information content (AvgIpc) is 3.22. The summed E-state index contributed by atoms with van der Waals surface area (Å²) in [5.41, 5.74) is 2.55. The predicted molar refractivity (Wildman–Crippen MR) is 142 cm³/mol. The number of nitrogens with one attached hydrogen (secondary N) is 2. The van der Waals surface area contributed by atoms with Gasteiger partial charge in [-0.3, -0.25) is 4.79 Å². The number of carboxylic acids is 1. The molecule has 39 heavy (non-hydrogen) atoms. The van der Waals surface area contributed by atoms with Gasteiger partial charge in [0, 0.05) is 25.6 Å². The molecule has 16 heteroatoms. The molecule has 2 aliphatic heterocycles. The molecule has 0 unspecified atom stereocenters. The van der Waals surface area contributed by atoms with Crippen LogP contribution in [0.4, 0.5) is 4.79 Å². The highest BCUT2D eigenvalue weighted by Gasteiger charge is 2.53. The van der Waals surface area contributed by atoms with Crippen molar-refractivity contribution in [3.8, 4) is 0 Å². The molecule has 5 N–H and O–H groups in total. The number of hydrogen-bond donors (Lipinski definition) is 4. The minimum absolute atomic E-state index is 0.149. The Morgan fingerprint density at radius 3 is 2.23 bits per heavy atom. The molecule has 224 valence electrons. The highest BCUT2D eigenvalue weighted by Crippen LogP contribution is 2.39. The zero-order valence-corrected chi connectivity index (χ0v) is 24.8. The van der Waals surface area contributed by atoms with Gasteiger partial charge in [0.2, 0.25) is 0 Å². The van der Waals surface area contributed by atoms with Gasteiger partial charge in [0.05, 0.1) is 18.3 Å². The molecule has 14 nitrogen and oxygen atoms in total. The summed E-state index contributed by atoms with van der Waals surface area (Å²) >= 11 is 0. The highest BCUT2D eigenvalue weighted by molar-refractivity contribution is 7.87. The van der Waals surface area contributed by atoms with E-state index in [-0.39, 0.29) is 6.54 Å². The summed E-state index contributed by atoms with van der Waals surface area (Å²) in [6.45, 7) is 11.4. The normalized spacial score (nSPS) is 25.8. The molecule has 3 atom stereocenters. The van der Waals surface area contributed by atoms with Crippen molar-refractivity contribution in [3.63, 3.8) is 0 Å². The van der Waals surface area contributed by atoms with Gasteiger partial charge in [-0.25, -0.2) is 9.59 Å². The van der Waals surface area contributed by atoms with E-state index in [1.165, 1.54) is 0 Å². The maximum Gasteiger partial charge on any atom is 0.457 e. The van der Waals surface area contributed by atoms with Crippen molar-refractivity contribution in [1.82, 2.24) is 14.3 Å². The number of ether oxygens (including phenoxy) is 2. The molecule has 0 bridgehead atoms. The quantitative estimate of drug-likeness (QED) is 0.197. The van der Waals surface area contributed by atoms with E-state index in [9.17, 15) is 27.9 Å². The number of rotatable bonds is 11. The Balaban J connectivity index is 2.04. The van der Waals surface area contributed by atoms with Crippen LogP contribution >= 0.6 is 0 Å². The van der Waals surface area contributed by atoms with Gasteiger partial charge >= 0.3 is 25.2 Å². The molecule has 0 aromatic carbocycles. The van der Waals surface area contributed by atoms with Crippen LogP contribution in [-0.2, 0) is 38.6 Å². The minimum Gasteiger partial charge on any atom is -0.480 e. The number of esters is 1. The maximum atomic E-state index is 13.1. The van der Waals surface area contributed by atoms with Gasteiger partial charge in [0.25, 0.3) is 10.2 Å². The van der Waals surface area contributed by atoms with Gasteiger partial charge in [0.1, 0.15) is 17.2 Å². The first-order valence-corrected chi connectivity index (χ1v) is 14.3. The van der Waals surface area contributed by atoms with Gasteiger partial charge in [-0.2, -0.15) is 17.4 Å². The lowest BCUT2D eigenvalue weighted by atomic mass is 9.78. The SMILES string of the molecule is COC(=O)[C@H](CNS(=O)(=O)N1C[C@@H](CCCB2OC(C)(C)C(C)(C)O2)[C@@](N)(C(=O)O)C1)NC(=O)OC(C)(C)C. The monoisotopic (exact) mass is 578 g/mol. The Labute approximate surface area is 230 Å². The molecule has 0 saturated carbocycles. The lowest BCUT2D eigenvalue weighted by Crippen LogP contribution is -2.56. The van der Waals surface area contributed by atoms with E-state index in [0.29, 0.717) is 19.2 Å². The second-order valence-electron chi connectivity index (χ2n) is 12.0. The molecule has 0 spiro atoms. The van der Waals surface area contributed by atoms with Crippen molar-refractivity contribution in [2.75, 3.05) is 26.7 Å². The lowest BCUT2D eigenvalue weighted by molar-refractivity contribution is -0.144. The van der Waals surface area contributed by atoms with Gasteiger partial charge in [0.15, 0.2) is 0 Å². The summed E-state index contributed by atoms with van der Waals surface area (Å²) in [6.07, 6.45) is 0.372. The first-order valence-electron chi connectivity index (χ1n) is 12.8. The Morgan fingerprint density at radius 2 is 1.74 bits per heavy atom. The van der Waals surface area contributed by atoms with Crippen LogP contribution in [0, 0.1) is 5.92 Å². The predicted octanol–water partition coefficient (Wildman–Crippen LogP) is 0.473. The van der Waals surface area contributed by atoms with Crippen LogP contribution < -0.4 is 15.8 Å². The number of hydrogen-bond acceptors (Lipinski definition) is 10. The van der Waals surface area contributed by atoms with E-state index >= 15 is 0 Å². The van der Waals surface area contributed by atoms with E-state index in [4.69, 9.17) is 19.8 Å². The Kier molecular flexibility index (Phi) is 10.1. The number of nitrogens with zero attached hydrogens (tertiary/aromatic N) is 1. The third-order valence-electron chi connectivity index (χ3n) is 7.27. The number of methoxy groups -OCH3 is 1. The van der Waals surface area contributed by atoms with E-state index in [0.717, 1.165) is 11.4 Å². The molecule has 0 aromatic rings. The smallest absolute Gasteiger partial charge is 0.457 e. The number of aliphatic carboxylic acids is 1. The zero-order chi connectivity index (χ0) is 30.0. The summed E-state index contributed by atoms with van der Waals surface area (Å²) in [5, 5.41) is 12.1. The molecule has 0 aromatic heterocycles. The van der Waals surface area contributed by atoms with Crippen molar-refractivity contribution in [2.45, 2.75) is 96.0 Å². The molecule has 1 amide bonds. The molecular weight excluding hydrogens is 535 g/mol. The Morgan fingerprint density at radius 1 is 1.18 bits per heavy atom. The topological polar surface area (TPSA) is 196 Å². The number of carboxylic acid groups (broad SMARTS) is 1. The minimum atomic E-state index is -4.29.